The highest BCUT2D eigenvalue weighted by molar-refractivity contribution is 9.10. The van der Waals surface area contributed by atoms with Gasteiger partial charge >= 0.3 is 0 Å². The predicted molar refractivity (Wildman–Crippen MR) is 85.0 cm³/mol. The van der Waals surface area contributed by atoms with E-state index in [1.807, 2.05) is 24.3 Å². The van der Waals surface area contributed by atoms with Crippen LogP contribution in [0.3, 0.4) is 0 Å². The average Bonchev–Trinajstić information content (AvgIpc) is 3.08. The number of hydrogen-bond acceptors (Lipinski definition) is 2. The van der Waals surface area contributed by atoms with Crippen LogP contribution in [0.1, 0.15) is 48.9 Å². The van der Waals surface area contributed by atoms with Crippen LogP contribution in [0.4, 0.5) is 0 Å². The van der Waals surface area contributed by atoms with Crippen LogP contribution in [0.15, 0.2) is 28.7 Å². The zero-order valence-electron chi connectivity index (χ0n) is 11.9. The third kappa shape index (κ3) is 3.15. The van der Waals surface area contributed by atoms with Gasteiger partial charge in [-0.1, -0.05) is 40.9 Å². The van der Waals surface area contributed by atoms with Gasteiger partial charge in [-0.25, -0.2) is 0 Å². The van der Waals surface area contributed by atoms with Crippen molar-refractivity contribution >= 4 is 21.7 Å². The van der Waals surface area contributed by atoms with Crippen molar-refractivity contribution in [2.24, 2.45) is 5.92 Å². The molecule has 3 heteroatoms. The summed E-state index contributed by atoms with van der Waals surface area (Å²) >= 11 is 3.44. The number of Topliss-reactive ketones (excluding diaryl/α,β-unsaturated/α-hetero) is 1. The van der Waals surface area contributed by atoms with E-state index < -0.39 is 0 Å². The lowest BCUT2D eigenvalue weighted by Crippen LogP contribution is -2.38. The lowest BCUT2D eigenvalue weighted by Gasteiger charge is -2.28. The number of benzene rings is 1. The highest BCUT2D eigenvalue weighted by Gasteiger charge is 2.34. The number of rotatable bonds is 4. The second-order valence-electron chi connectivity index (χ2n) is 6.16. The normalized spacial score (nSPS) is 24.4. The smallest absolute Gasteiger partial charge is 0.176 e. The van der Waals surface area contributed by atoms with Gasteiger partial charge in [-0.3, -0.25) is 9.69 Å². The first kappa shape index (κ1) is 14.3. The Morgan fingerprint density at radius 1 is 1.20 bits per heavy atom. The Morgan fingerprint density at radius 2 is 2.00 bits per heavy atom. The molecule has 0 aromatic heterocycles. The zero-order valence-corrected chi connectivity index (χ0v) is 13.4. The van der Waals surface area contributed by atoms with Gasteiger partial charge in [0.05, 0.1) is 6.54 Å². The SMILES string of the molecule is O=C(CN1CCCC1C1CCCC1)c1cccc(Br)c1. The first-order chi connectivity index (χ1) is 9.74. The molecule has 2 nitrogen and oxygen atoms in total. The number of nitrogens with zero attached hydrogens (tertiary/aromatic N) is 1. The summed E-state index contributed by atoms with van der Waals surface area (Å²) in [6, 6.07) is 8.43. The van der Waals surface area contributed by atoms with Crippen LogP contribution in [0.5, 0.6) is 0 Å². The summed E-state index contributed by atoms with van der Waals surface area (Å²) in [6.45, 7) is 1.69. The van der Waals surface area contributed by atoms with E-state index >= 15 is 0 Å². The minimum Gasteiger partial charge on any atom is -0.293 e. The fraction of sp³-hybridized carbons (Fsp3) is 0.588. The third-order valence-electron chi connectivity index (χ3n) is 4.85. The van der Waals surface area contributed by atoms with Crippen molar-refractivity contribution in [1.29, 1.82) is 0 Å². The van der Waals surface area contributed by atoms with E-state index in [1.165, 1.54) is 38.5 Å². The number of carbonyl (C=O) groups excluding carboxylic acids is 1. The molecule has 1 saturated carbocycles. The standard InChI is InChI=1S/C17H22BrNO/c18-15-8-3-7-14(11-15)17(20)12-19-10-4-9-16(19)13-5-1-2-6-13/h3,7-8,11,13,16H,1-2,4-6,9-10,12H2. The van der Waals surface area contributed by atoms with Crippen molar-refractivity contribution in [2.45, 2.75) is 44.6 Å². The molecule has 1 saturated heterocycles. The largest absolute Gasteiger partial charge is 0.293 e. The first-order valence-electron chi connectivity index (χ1n) is 7.77. The van der Waals surface area contributed by atoms with Gasteiger partial charge in [0.25, 0.3) is 0 Å². The molecule has 0 amide bonds. The zero-order chi connectivity index (χ0) is 13.9. The Labute approximate surface area is 129 Å². The van der Waals surface area contributed by atoms with Crippen molar-refractivity contribution in [2.75, 3.05) is 13.1 Å². The van der Waals surface area contributed by atoms with E-state index in [0.717, 1.165) is 22.5 Å². The number of likely N-dealkylation sites (tertiary alicyclic amines) is 1. The Kier molecular flexibility index (Phi) is 4.57. The monoisotopic (exact) mass is 335 g/mol. The molecule has 1 aliphatic heterocycles. The van der Waals surface area contributed by atoms with Gasteiger partial charge < -0.3 is 0 Å². The van der Waals surface area contributed by atoms with Gasteiger partial charge in [-0.15, -0.1) is 0 Å². The van der Waals surface area contributed by atoms with Crippen molar-refractivity contribution < 1.29 is 4.79 Å². The summed E-state index contributed by atoms with van der Waals surface area (Å²) in [7, 11) is 0. The third-order valence-corrected chi connectivity index (χ3v) is 5.34. The van der Waals surface area contributed by atoms with Crippen LogP contribution < -0.4 is 0 Å². The molecular weight excluding hydrogens is 314 g/mol. The van der Waals surface area contributed by atoms with Gasteiger partial charge in [0.2, 0.25) is 0 Å². The summed E-state index contributed by atoms with van der Waals surface area (Å²) in [5, 5.41) is 0. The highest BCUT2D eigenvalue weighted by atomic mass is 79.9. The molecule has 20 heavy (non-hydrogen) atoms. The summed E-state index contributed by atoms with van der Waals surface area (Å²) in [6.07, 6.45) is 8.05. The topological polar surface area (TPSA) is 20.3 Å². The van der Waals surface area contributed by atoms with Gasteiger partial charge in [0.15, 0.2) is 5.78 Å². The summed E-state index contributed by atoms with van der Waals surface area (Å²) in [5.74, 6) is 1.10. The maximum Gasteiger partial charge on any atom is 0.176 e. The fourth-order valence-electron chi connectivity index (χ4n) is 3.86. The van der Waals surface area contributed by atoms with E-state index in [1.54, 1.807) is 0 Å². The number of ketones is 1. The number of halogens is 1. The van der Waals surface area contributed by atoms with Gasteiger partial charge in [0.1, 0.15) is 0 Å². The molecule has 0 bridgehead atoms. The molecule has 0 N–H and O–H groups in total. The van der Waals surface area contributed by atoms with Crippen LogP contribution in [0.2, 0.25) is 0 Å². The Morgan fingerprint density at radius 3 is 2.75 bits per heavy atom. The molecule has 2 aliphatic rings. The minimum atomic E-state index is 0.260. The molecule has 0 radical (unpaired) electrons. The van der Waals surface area contributed by atoms with Crippen molar-refractivity contribution in [3.05, 3.63) is 34.3 Å². The molecule has 1 aromatic carbocycles. The first-order valence-corrected chi connectivity index (χ1v) is 8.56. The highest BCUT2D eigenvalue weighted by Crippen LogP contribution is 2.35. The van der Waals surface area contributed by atoms with Gasteiger partial charge in [0, 0.05) is 16.1 Å². The maximum absolute atomic E-state index is 12.5. The van der Waals surface area contributed by atoms with Gasteiger partial charge in [-0.2, -0.15) is 0 Å². The van der Waals surface area contributed by atoms with E-state index in [4.69, 9.17) is 0 Å². The molecule has 1 aliphatic carbocycles. The van der Waals surface area contributed by atoms with Crippen LogP contribution in [-0.2, 0) is 0 Å². The predicted octanol–water partition coefficient (Wildman–Crippen LogP) is 4.29. The van der Waals surface area contributed by atoms with Crippen LogP contribution >= 0.6 is 15.9 Å². The van der Waals surface area contributed by atoms with Crippen LogP contribution in [-0.4, -0.2) is 29.8 Å². The van der Waals surface area contributed by atoms with E-state index in [0.29, 0.717) is 12.6 Å². The van der Waals surface area contributed by atoms with E-state index in [9.17, 15) is 4.79 Å². The second kappa shape index (κ2) is 6.40. The molecule has 3 rings (SSSR count). The lowest BCUT2D eigenvalue weighted by molar-refractivity contribution is 0.0896. The minimum absolute atomic E-state index is 0.260. The molecular formula is C17H22BrNO. The van der Waals surface area contributed by atoms with Crippen LogP contribution in [0.25, 0.3) is 0 Å². The molecule has 1 atom stereocenters. The Hall–Kier alpha value is -0.670. The molecule has 0 spiro atoms. The molecule has 108 valence electrons. The molecule has 1 aromatic rings. The van der Waals surface area contributed by atoms with E-state index in [2.05, 4.69) is 20.8 Å². The molecule has 2 fully saturated rings. The Balaban J connectivity index is 1.65. The second-order valence-corrected chi connectivity index (χ2v) is 7.07. The van der Waals surface area contributed by atoms with E-state index in [-0.39, 0.29) is 5.78 Å². The summed E-state index contributed by atoms with van der Waals surface area (Å²) in [5.41, 5.74) is 0.830. The number of carbonyl (C=O) groups is 1. The molecule has 1 unspecified atom stereocenters. The number of hydrogen-bond donors (Lipinski definition) is 0. The molecule has 1 heterocycles. The van der Waals surface area contributed by atoms with Crippen LogP contribution in [0, 0.1) is 5.92 Å². The van der Waals surface area contributed by atoms with Crippen molar-refractivity contribution in [3.63, 3.8) is 0 Å². The van der Waals surface area contributed by atoms with Gasteiger partial charge in [-0.05, 0) is 50.3 Å². The summed E-state index contributed by atoms with van der Waals surface area (Å²) in [4.78, 5) is 14.9. The summed E-state index contributed by atoms with van der Waals surface area (Å²) < 4.78 is 0.983. The fourth-order valence-corrected chi connectivity index (χ4v) is 4.26. The van der Waals surface area contributed by atoms with Crippen molar-refractivity contribution in [3.8, 4) is 0 Å². The quantitative estimate of drug-likeness (QED) is 0.765. The maximum atomic E-state index is 12.5. The Bertz CT molecular complexity index is 482. The lowest BCUT2D eigenvalue weighted by atomic mass is 9.95. The average molecular weight is 336 g/mol. The van der Waals surface area contributed by atoms with Crippen molar-refractivity contribution in [1.82, 2.24) is 4.90 Å².